The van der Waals surface area contributed by atoms with Crippen molar-refractivity contribution in [2.75, 3.05) is 13.1 Å². The summed E-state index contributed by atoms with van der Waals surface area (Å²) in [6, 6.07) is 2.41. The zero-order chi connectivity index (χ0) is 13.3. The van der Waals surface area contributed by atoms with Gasteiger partial charge in [-0.25, -0.2) is 8.78 Å². The average molecular weight is 254 g/mol. The molecule has 0 aromatic heterocycles. The molecule has 3 N–H and O–H groups in total. The van der Waals surface area contributed by atoms with Crippen LogP contribution in [0.15, 0.2) is 12.1 Å². The molecule has 1 aromatic rings. The van der Waals surface area contributed by atoms with Gasteiger partial charge in [-0.15, -0.1) is 0 Å². The predicted octanol–water partition coefficient (Wildman–Crippen LogP) is 1.74. The van der Waals surface area contributed by atoms with Gasteiger partial charge in [0.05, 0.1) is 0 Å². The Hall–Kier alpha value is -1.49. The Bertz CT molecular complexity index is 484. The molecule has 98 valence electrons. The molecule has 18 heavy (non-hydrogen) atoms. The smallest absolute Gasteiger partial charge is 0.257 e. The summed E-state index contributed by atoms with van der Waals surface area (Å²) in [4.78, 5) is 11.8. The molecule has 0 radical (unpaired) electrons. The summed E-state index contributed by atoms with van der Waals surface area (Å²) in [6.07, 6.45) is 1.89. The summed E-state index contributed by atoms with van der Waals surface area (Å²) in [5.41, 5.74) is 5.26. The lowest BCUT2D eigenvalue weighted by Gasteiger charge is -2.14. The van der Waals surface area contributed by atoms with Crippen LogP contribution >= 0.6 is 0 Å². The lowest BCUT2D eigenvalue weighted by molar-refractivity contribution is 0.0936. The van der Waals surface area contributed by atoms with Crippen LogP contribution in [0.4, 0.5) is 8.78 Å². The molecule has 1 aliphatic rings. The van der Waals surface area contributed by atoms with Gasteiger partial charge in [-0.2, -0.15) is 0 Å². The molecule has 1 amide bonds. The van der Waals surface area contributed by atoms with Crippen molar-refractivity contribution in [3.05, 3.63) is 34.9 Å². The predicted molar refractivity (Wildman–Crippen MR) is 64.1 cm³/mol. The van der Waals surface area contributed by atoms with E-state index in [0.29, 0.717) is 13.1 Å². The fourth-order valence-electron chi connectivity index (χ4n) is 1.85. The maximum atomic E-state index is 13.7. The number of hydrogen-bond acceptors (Lipinski definition) is 2. The van der Waals surface area contributed by atoms with E-state index < -0.39 is 23.1 Å². The van der Waals surface area contributed by atoms with E-state index in [-0.39, 0.29) is 11.0 Å². The summed E-state index contributed by atoms with van der Waals surface area (Å²) in [7, 11) is 0. The summed E-state index contributed by atoms with van der Waals surface area (Å²) >= 11 is 0. The molecule has 2 rings (SSSR count). The number of nitrogens with one attached hydrogen (secondary N) is 1. The molecule has 0 bridgehead atoms. The standard InChI is InChI=1S/C13H16F2N2O/c1-8-2-3-9(14)10(11(8)15)12(18)17-7-13(6-16)4-5-13/h2-3H,4-7,16H2,1H3,(H,17,18). The molecule has 3 nitrogen and oxygen atoms in total. The number of benzene rings is 1. The first-order valence-electron chi connectivity index (χ1n) is 5.92. The molecule has 0 spiro atoms. The van der Waals surface area contributed by atoms with Crippen LogP contribution in [0.25, 0.3) is 0 Å². The van der Waals surface area contributed by atoms with Crippen molar-refractivity contribution in [1.82, 2.24) is 5.32 Å². The van der Waals surface area contributed by atoms with Crippen LogP contribution in [0, 0.1) is 24.0 Å². The fourth-order valence-corrected chi connectivity index (χ4v) is 1.85. The summed E-state index contributed by atoms with van der Waals surface area (Å²) in [6.45, 7) is 2.34. The fraction of sp³-hybridized carbons (Fsp3) is 0.462. The number of nitrogens with two attached hydrogens (primary N) is 1. The number of amides is 1. The molecule has 0 heterocycles. The van der Waals surface area contributed by atoms with Crippen molar-refractivity contribution >= 4 is 5.91 Å². The van der Waals surface area contributed by atoms with Gasteiger partial charge in [-0.05, 0) is 37.9 Å². The number of aryl methyl sites for hydroxylation is 1. The third kappa shape index (κ3) is 2.36. The van der Waals surface area contributed by atoms with Crippen LogP contribution in [-0.4, -0.2) is 19.0 Å². The molecule has 0 aliphatic heterocycles. The second-order valence-corrected chi connectivity index (χ2v) is 4.94. The third-order valence-electron chi connectivity index (χ3n) is 3.53. The van der Waals surface area contributed by atoms with Crippen LogP contribution in [0.5, 0.6) is 0 Å². The number of carbonyl (C=O) groups excluding carboxylic acids is 1. The molecule has 5 heteroatoms. The Morgan fingerprint density at radius 2 is 2.11 bits per heavy atom. The summed E-state index contributed by atoms with van der Waals surface area (Å²) < 4.78 is 27.2. The minimum absolute atomic E-state index is 0.0631. The van der Waals surface area contributed by atoms with Crippen LogP contribution in [0.2, 0.25) is 0 Å². The van der Waals surface area contributed by atoms with E-state index in [1.807, 2.05) is 0 Å². The van der Waals surface area contributed by atoms with Crippen molar-refractivity contribution in [2.24, 2.45) is 11.1 Å². The molecule has 1 saturated carbocycles. The van der Waals surface area contributed by atoms with Crippen LogP contribution in [0.1, 0.15) is 28.8 Å². The minimum atomic E-state index is -0.840. The van der Waals surface area contributed by atoms with Crippen molar-refractivity contribution in [3.63, 3.8) is 0 Å². The highest BCUT2D eigenvalue weighted by molar-refractivity contribution is 5.95. The molecule has 0 atom stereocenters. The first kappa shape index (κ1) is 13.0. The van der Waals surface area contributed by atoms with Gasteiger partial charge < -0.3 is 11.1 Å². The highest BCUT2D eigenvalue weighted by atomic mass is 19.1. The average Bonchev–Trinajstić information content (AvgIpc) is 3.13. The van der Waals surface area contributed by atoms with Crippen LogP contribution in [0.3, 0.4) is 0 Å². The Kier molecular flexibility index (Phi) is 3.34. The Labute approximate surface area is 104 Å². The lowest BCUT2D eigenvalue weighted by atomic mass is 10.1. The highest BCUT2D eigenvalue weighted by Gasteiger charge is 2.41. The van der Waals surface area contributed by atoms with E-state index in [9.17, 15) is 13.6 Å². The number of rotatable bonds is 4. The van der Waals surface area contributed by atoms with E-state index in [1.54, 1.807) is 0 Å². The molecule has 1 fully saturated rings. The van der Waals surface area contributed by atoms with Crippen LogP contribution in [-0.2, 0) is 0 Å². The monoisotopic (exact) mass is 254 g/mol. The zero-order valence-corrected chi connectivity index (χ0v) is 10.2. The second kappa shape index (κ2) is 4.65. The molecular formula is C13H16F2N2O. The SMILES string of the molecule is Cc1ccc(F)c(C(=O)NCC2(CN)CC2)c1F. The number of carbonyl (C=O) groups is 1. The quantitative estimate of drug-likeness (QED) is 0.860. The summed E-state index contributed by atoms with van der Waals surface area (Å²) in [5, 5.41) is 2.56. The van der Waals surface area contributed by atoms with E-state index >= 15 is 0 Å². The van der Waals surface area contributed by atoms with Gasteiger partial charge in [0.15, 0.2) is 0 Å². The maximum Gasteiger partial charge on any atom is 0.257 e. The maximum absolute atomic E-state index is 13.7. The van der Waals surface area contributed by atoms with Crippen LogP contribution < -0.4 is 11.1 Å². The van der Waals surface area contributed by atoms with Crippen molar-refractivity contribution in [1.29, 1.82) is 0 Å². The largest absolute Gasteiger partial charge is 0.351 e. The van der Waals surface area contributed by atoms with Crippen molar-refractivity contribution in [3.8, 4) is 0 Å². The Morgan fingerprint density at radius 3 is 2.67 bits per heavy atom. The van der Waals surface area contributed by atoms with E-state index in [2.05, 4.69) is 5.32 Å². The molecule has 0 unspecified atom stereocenters. The Morgan fingerprint density at radius 1 is 1.44 bits per heavy atom. The lowest BCUT2D eigenvalue weighted by Crippen LogP contribution is -2.34. The second-order valence-electron chi connectivity index (χ2n) is 4.94. The molecule has 1 aromatic carbocycles. The number of hydrogen-bond donors (Lipinski definition) is 2. The van der Waals surface area contributed by atoms with Gasteiger partial charge in [-0.1, -0.05) is 6.07 Å². The molecular weight excluding hydrogens is 238 g/mol. The van der Waals surface area contributed by atoms with Gasteiger partial charge >= 0.3 is 0 Å². The van der Waals surface area contributed by atoms with E-state index in [4.69, 9.17) is 5.73 Å². The normalized spacial score (nSPS) is 16.4. The van der Waals surface area contributed by atoms with Gasteiger partial charge in [0.25, 0.3) is 5.91 Å². The number of halogens is 2. The minimum Gasteiger partial charge on any atom is -0.351 e. The Balaban J connectivity index is 2.12. The van der Waals surface area contributed by atoms with Crippen molar-refractivity contribution < 1.29 is 13.6 Å². The third-order valence-corrected chi connectivity index (χ3v) is 3.53. The topological polar surface area (TPSA) is 55.1 Å². The zero-order valence-electron chi connectivity index (χ0n) is 10.2. The van der Waals surface area contributed by atoms with Gasteiger partial charge in [0.1, 0.15) is 17.2 Å². The van der Waals surface area contributed by atoms with Crippen molar-refractivity contribution in [2.45, 2.75) is 19.8 Å². The first-order valence-corrected chi connectivity index (χ1v) is 5.92. The van der Waals surface area contributed by atoms with E-state index in [1.165, 1.54) is 13.0 Å². The molecule has 0 saturated heterocycles. The van der Waals surface area contributed by atoms with Gasteiger partial charge in [0.2, 0.25) is 0 Å². The molecule has 1 aliphatic carbocycles. The van der Waals surface area contributed by atoms with Gasteiger partial charge in [0, 0.05) is 12.0 Å². The van der Waals surface area contributed by atoms with E-state index in [0.717, 1.165) is 18.9 Å². The summed E-state index contributed by atoms with van der Waals surface area (Å²) in [5.74, 6) is -2.35. The van der Waals surface area contributed by atoms with Gasteiger partial charge in [-0.3, -0.25) is 4.79 Å². The highest BCUT2D eigenvalue weighted by Crippen LogP contribution is 2.43. The first-order chi connectivity index (χ1) is 8.49.